The lowest BCUT2D eigenvalue weighted by atomic mass is 10.2. The Bertz CT molecular complexity index is 505. The van der Waals surface area contributed by atoms with Gasteiger partial charge < -0.3 is 10.4 Å². The Morgan fingerprint density at radius 1 is 1.44 bits per heavy atom. The molecule has 0 fully saturated rings. The van der Waals surface area contributed by atoms with Gasteiger partial charge in [0, 0.05) is 11.4 Å². The first-order valence-electron chi connectivity index (χ1n) is 5.77. The molecule has 1 atom stereocenters. The summed E-state index contributed by atoms with van der Waals surface area (Å²) < 4.78 is 0. The van der Waals surface area contributed by atoms with Crippen LogP contribution in [0.1, 0.15) is 33.1 Å². The Kier molecular flexibility index (Phi) is 4.52. The quantitative estimate of drug-likeness (QED) is 0.885. The van der Waals surface area contributed by atoms with Crippen LogP contribution in [0.5, 0.6) is 0 Å². The molecule has 3 nitrogen and oxygen atoms in total. The maximum Gasteiger partial charge on any atom is 0.261 e. The van der Waals surface area contributed by atoms with Gasteiger partial charge in [0.1, 0.15) is 0 Å². The highest BCUT2D eigenvalue weighted by Crippen LogP contribution is 2.18. The molecule has 2 aromatic rings. The fourth-order valence-electron chi connectivity index (χ4n) is 1.55. The van der Waals surface area contributed by atoms with E-state index in [1.165, 1.54) is 27.6 Å². The summed E-state index contributed by atoms with van der Waals surface area (Å²) in [6, 6.07) is 5.66. The van der Waals surface area contributed by atoms with Gasteiger partial charge in [0.25, 0.3) is 5.91 Å². The zero-order valence-corrected chi connectivity index (χ0v) is 11.7. The molecule has 0 aromatic carbocycles. The summed E-state index contributed by atoms with van der Waals surface area (Å²) in [6.45, 7) is 2.31. The van der Waals surface area contributed by atoms with E-state index in [0.717, 1.165) is 12.0 Å². The van der Waals surface area contributed by atoms with Crippen LogP contribution < -0.4 is 5.32 Å². The lowest BCUT2D eigenvalue weighted by molar-refractivity contribution is 0.0920. The molecule has 2 rings (SSSR count). The van der Waals surface area contributed by atoms with Crippen LogP contribution in [0, 0.1) is 0 Å². The monoisotopic (exact) mass is 281 g/mol. The van der Waals surface area contributed by atoms with Crippen LogP contribution in [0.25, 0.3) is 0 Å². The van der Waals surface area contributed by atoms with Crippen LogP contribution in [0.2, 0.25) is 0 Å². The van der Waals surface area contributed by atoms with Crippen molar-refractivity contribution in [2.24, 2.45) is 0 Å². The largest absolute Gasteiger partial charge is 0.387 e. The molecular formula is C13H15NO2S2. The highest BCUT2D eigenvalue weighted by molar-refractivity contribution is 7.14. The third-order valence-electron chi connectivity index (χ3n) is 2.62. The van der Waals surface area contributed by atoms with Gasteiger partial charge >= 0.3 is 0 Å². The molecule has 0 radical (unpaired) electrons. The fraction of sp³-hybridized carbons (Fsp3) is 0.308. The number of rotatable bonds is 5. The first kappa shape index (κ1) is 13.3. The predicted molar refractivity (Wildman–Crippen MR) is 75.3 cm³/mol. The smallest absolute Gasteiger partial charge is 0.261 e. The lowest BCUT2D eigenvalue weighted by Crippen LogP contribution is -2.27. The number of aryl methyl sites for hydroxylation is 1. The molecule has 18 heavy (non-hydrogen) atoms. The van der Waals surface area contributed by atoms with Crippen molar-refractivity contribution in [2.45, 2.75) is 19.4 Å². The van der Waals surface area contributed by atoms with E-state index in [4.69, 9.17) is 0 Å². The maximum atomic E-state index is 11.8. The molecule has 1 amide bonds. The number of aliphatic hydroxyl groups is 1. The summed E-state index contributed by atoms with van der Waals surface area (Å²) in [5, 5.41) is 16.4. The zero-order chi connectivity index (χ0) is 13.0. The number of carbonyl (C=O) groups excluding carboxylic acids is 1. The van der Waals surface area contributed by atoms with Crippen molar-refractivity contribution in [1.29, 1.82) is 0 Å². The normalized spacial score (nSPS) is 12.3. The van der Waals surface area contributed by atoms with Crippen LogP contribution in [-0.2, 0) is 6.42 Å². The van der Waals surface area contributed by atoms with Crippen LogP contribution in [-0.4, -0.2) is 17.6 Å². The van der Waals surface area contributed by atoms with Crippen LogP contribution >= 0.6 is 22.7 Å². The predicted octanol–water partition coefficient (Wildman–Crippen LogP) is 2.84. The summed E-state index contributed by atoms with van der Waals surface area (Å²) in [7, 11) is 0. The standard InChI is InChI=1S/C13H15NO2S2/c1-2-10-3-4-12(18-10)13(16)14-7-11(15)9-5-6-17-8-9/h3-6,8,11,15H,2,7H2,1H3,(H,14,16). The summed E-state index contributed by atoms with van der Waals surface area (Å²) in [6.07, 6.45) is 0.306. The van der Waals surface area contributed by atoms with Gasteiger partial charge in [-0.2, -0.15) is 11.3 Å². The minimum absolute atomic E-state index is 0.117. The molecule has 0 saturated carbocycles. The number of hydrogen-bond acceptors (Lipinski definition) is 4. The van der Waals surface area contributed by atoms with Crippen LogP contribution in [0.4, 0.5) is 0 Å². The molecule has 2 aromatic heterocycles. The molecule has 0 aliphatic rings. The Labute approximate surface area is 114 Å². The molecule has 2 N–H and O–H groups in total. The van der Waals surface area contributed by atoms with Crippen molar-refractivity contribution < 1.29 is 9.90 Å². The van der Waals surface area contributed by atoms with Crippen molar-refractivity contribution in [3.8, 4) is 0 Å². The highest BCUT2D eigenvalue weighted by atomic mass is 32.1. The molecule has 0 bridgehead atoms. The Morgan fingerprint density at radius 3 is 2.89 bits per heavy atom. The SMILES string of the molecule is CCc1ccc(C(=O)NCC(O)c2ccsc2)s1. The average molecular weight is 281 g/mol. The number of thiophene rings is 2. The third kappa shape index (κ3) is 3.19. The van der Waals surface area contributed by atoms with E-state index in [0.29, 0.717) is 4.88 Å². The minimum Gasteiger partial charge on any atom is -0.387 e. The zero-order valence-electron chi connectivity index (χ0n) is 10.1. The first-order chi connectivity index (χ1) is 8.70. The molecule has 2 heterocycles. The number of amides is 1. The summed E-state index contributed by atoms with van der Waals surface area (Å²) in [4.78, 5) is 13.7. The highest BCUT2D eigenvalue weighted by Gasteiger charge is 2.12. The number of carbonyl (C=O) groups is 1. The summed E-state index contributed by atoms with van der Waals surface area (Å²) in [5.41, 5.74) is 0.848. The second-order valence-corrected chi connectivity index (χ2v) is 5.85. The van der Waals surface area contributed by atoms with Crippen molar-refractivity contribution in [2.75, 3.05) is 6.54 Å². The van der Waals surface area contributed by atoms with E-state index in [9.17, 15) is 9.90 Å². The van der Waals surface area contributed by atoms with Crippen molar-refractivity contribution in [1.82, 2.24) is 5.32 Å². The van der Waals surface area contributed by atoms with Crippen molar-refractivity contribution in [3.05, 3.63) is 44.3 Å². The van der Waals surface area contributed by atoms with Gasteiger partial charge in [0.2, 0.25) is 0 Å². The number of nitrogens with one attached hydrogen (secondary N) is 1. The second-order valence-electron chi connectivity index (χ2n) is 3.90. The van der Waals surface area contributed by atoms with Crippen LogP contribution in [0.3, 0.4) is 0 Å². The first-order valence-corrected chi connectivity index (χ1v) is 7.53. The van der Waals surface area contributed by atoms with Gasteiger partial charge in [0.05, 0.1) is 11.0 Å². The van der Waals surface area contributed by atoms with Gasteiger partial charge in [-0.25, -0.2) is 0 Å². The molecule has 0 aliphatic heterocycles. The molecule has 1 unspecified atom stereocenters. The van der Waals surface area contributed by atoms with E-state index in [1.807, 2.05) is 29.0 Å². The third-order valence-corrected chi connectivity index (χ3v) is 4.55. The van der Waals surface area contributed by atoms with Gasteiger partial charge in [0.15, 0.2) is 0 Å². The molecule has 0 aliphatic carbocycles. The fourth-order valence-corrected chi connectivity index (χ4v) is 3.12. The molecule has 0 saturated heterocycles. The van der Waals surface area contributed by atoms with E-state index in [1.54, 1.807) is 0 Å². The minimum atomic E-state index is -0.634. The van der Waals surface area contributed by atoms with E-state index >= 15 is 0 Å². The van der Waals surface area contributed by atoms with Gasteiger partial charge in [-0.3, -0.25) is 4.79 Å². The molecular weight excluding hydrogens is 266 g/mol. The van der Waals surface area contributed by atoms with E-state index in [2.05, 4.69) is 12.2 Å². The second kappa shape index (κ2) is 6.13. The van der Waals surface area contributed by atoms with Gasteiger partial charge in [-0.15, -0.1) is 11.3 Å². The molecule has 96 valence electrons. The summed E-state index contributed by atoms with van der Waals surface area (Å²) >= 11 is 3.03. The van der Waals surface area contributed by atoms with Crippen LogP contribution in [0.15, 0.2) is 29.0 Å². The topological polar surface area (TPSA) is 49.3 Å². The Morgan fingerprint density at radius 2 is 2.28 bits per heavy atom. The summed E-state index contributed by atoms with van der Waals surface area (Å²) in [5.74, 6) is -0.117. The lowest BCUT2D eigenvalue weighted by Gasteiger charge is -2.09. The van der Waals surface area contributed by atoms with E-state index in [-0.39, 0.29) is 12.5 Å². The maximum absolute atomic E-state index is 11.8. The molecule has 0 spiro atoms. The Balaban J connectivity index is 1.88. The van der Waals surface area contributed by atoms with Gasteiger partial charge in [-0.05, 0) is 40.9 Å². The van der Waals surface area contributed by atoms with Crippen molar-refractivity contribution >= 4 is 28.6 Å². The van der Waals surface area contributed by atoms with E-state index < -0.39 is 6.10 Å². The average Bonchev–Trinajstić information content (AvgIpc) is 3.05. The van der Waals surface area contributed by atoms with Gasteiger partial charge in [-0.1, -0.05) is 6.92 Å². The molecule has 5 heteroatoms. The van der Waals surface area contributed by atoms with Crippen molar-refractivity contribution in [3.63, 3.8) is 0 Å². The number of hydrogen-bond donors (Lipinski definition) is 2. The Hall–Kier alpha value is -1.17. The number of aliphatic hydroxyl groups excluding tert-OH is 1.